The predicted octanol–water partition coefficient (Wildman–Crippen LogP) is 1.80. The van der Waals surface area contributed by atoms with Gasteiger partial charge in [-0.2, -0.15) is 8.78 Å². The van der Waals surface area contributed by atoms with Crippen LogP contribution >= 0.6 is 0 Å². The first-order valence-corrected chi connectivity index (χ1v) is 7.08. The molecule has 0 saturated carbocycles. The second kappa shape index (κ2) is 7.36. The van der Waals surface area contributed by atoms with Gasteiger partial charge in [0.25, 0.3) is 0 Å². The average Bonchev–Trinajstić information content (AvgIpc) is 2.86. The third-order valence-electron chi connectivity index (χ3n) is 3.72. The minimum absolute atomic E-state index is 0.0341. The van der Waals surface area contributed by atoms with E-state index in [2.05, 4.69) is 22.3 Å². The van der Waals surface area contributed by atoms with Gasteiger partial charge in [0, 0.05) is 13.1 Å². The Kier molecular flexibility index (Phi) is 5.50. The number of rotatable bonds is 6. The van der Waals surface area contributed by atoms with Gasteiger partial charge in [-0.3, -0.25) is 4.79 Å². The molecule has 0 unspecified atom stereocenters. The monoisotopic (exact) mass is 298 g/mol. The van der Waals surface area contributed by atoms with Crippen LogP contribution < -0.4 is 15.4 Å². The molecule has 1 amide bonds. The Morgan fingerprint density at radius 3 is 2.67 bits per heavy atom. The van der Waals surface area contributed by atoms with Gasteiger partial charge >= 0.3 is 6.61 Å². The maximum absolute atomic E-state index is 12.0. The Morgan fingerprint density at radius 2 is 2.10 bits per heavy atom. The van der Waals surface area contributed by atoms with Gasteiger partial charge in [0.05, 0.1) is 5.92 Å². The predicted molar refractivity (Wildman–Crippen MR) is 75.3 cm³/mol. The van der Waals surface area contributed by atoms with Crippen molar-refractivity contribution in [3.63, 3.8) is 0 Å². The summed E-state index contributed by atoms with van der Waals surface area (Å²) in [5, 5.41) is 6.12. The van der Waals surface area contributed by atoms with E-state index >= 15 is 0 Å². The first kappa shape index (κ1) is 15.7. The molecular formula is C15H20F2N2O2. The summed E-state index contributed by atoms with van der Waals surface area (Å²) in [6.07, 6.45) is 0.662. The SMILES string of the molecule is C[C@@H]1CNC[C@H]1C(=O)NCCc1ccc(OC(F)F)cc1. The van der Waals surface area contributed by atoms with Gasteiger partial charge in [0.15, 0.2) is 0 Å². The van der Waals surface area contributed by atoms with Crippen LogP contribution in [-0.4, -0.2) is 32.2 Å². The molecule has 2 N–H and O–H groups in total. The number of ether oxygens (including phenoxy) is 1. The molecule has 2 atom stereocenters. The third kappa shape index (κ3) is 4.67. The van der Waals surface area contributed by atoms with Crippen molar-refractivity contribution in [2.75, 3.05) is 19.6 Å². The molecule has 1 fully saturated rings. The van der Waals surface area contributed by atoms with Crippen molar-refractivity contribution in [2.24, 2.45) is 11.8 Å². The molecule has 6 heteroatoms. The van der Waals surface area contributed by atoms with E-state index in [9.17, 15) is 13.6 Å². The molecule has 21 heavy (non-hydrogen) atoms. The quantitative estimate of drug-likeness (QED) is 0.842. The first-order valence-electron chi connectivity index (χ1n) is 7.08. The van der Waals surface area contributed by atoms with E-state index in [-0.39, 0.29) is 17.6 Å². The highest BCUT2D eigenvalue weighted by Gasteiger charge is 2.28. The number of nitrogens with one attached hydrogen (secondary N) is 2. The summed E-state index contributed by atoms with van der Waals surface area (Å²) in [6.45, 7) is 1.40. The zero-order valence-electron chi connectivity index (χ0n) is 11.9. The first-order chi connectivity index (χ1) is 10.1. The Labute approximate surface area is 122 Å². The normalized spacial score (nSPS) is 21.5. The molecule has 1 heterocycles. The highest BCUT2D eigenvalue weighted by molar-refractivity contribution is 5.79. The highest BCUT2D eigenvalue weighted by atomic mass is 19.3. The van der Waals surface area contributed by atoms with Crippen molar-refractivity contribution in [1.82, 2.24) is 10.6 Å². The summed E-state index contributed by atoms with van der Waals surface area (Å²) >= 11 is 0. The van der Waals surface area contributed by atoms with E-state index in [0.29, 0.717) is 18.9 Å². The van der Waals surface area contributed by atoms with Crippen molar-refractivity contribution in [2.45, 2.75) is 20.0 Å². The minimum atomic E-state index is -2.81. The summed E-state index contributed by atoms with van der Waals surface area (Å²) in [5.41, 5.74) is 0.967. The van der Waals surface area contributed by atoms with Crippen molar-refractivity contribution >= 4 is 5.91 Å². The van der Waals surface area contributed by atoms with E-state index in [0.717, 1.165) is 18.7 Å². The standard InChI is InChI=1S/C15H20F2N2O2/c1-10-8-18-9-13(10)14(20)19-7-6-11-2-4-12(5-3-11)21-15(16)17/h2-5,10,13,15,18H,6-9H2,1H3,(H,19,20)/t10-,13-/m1/s1. The summed E-state index contributed by atoms with van der Waals surface area (Å²) in [4.78, 5) is 12.0. The number of carbonyl (C=O) groups excluding carboxylic acids is 1. The molecule has 0 aromatic heterocycles. The summed E-state index contributed by atoms with van der Waals surface area (Å²) in [5.74, 6) is 0.608. The fraction of sp³-hybridized carbons (Fsp3) is 0.533. The lowest BCUT2D eigenvalue weighted by molar-refractivity contribution is -0.125. The second-order valence-electron chi connectivity index (χ2n) is 5.31. The van der Waals surface area contributed by atoms with Crippen LogP contribution in [0, 0.1) is 11.8 Å². The number of benzene rings is 1. The van der Waals surface area contributed by atoms with Gasteiger partial charge in [-0.25, -0.2) is 0 Å². The lowest BCUT2D eigenvalue weighted by atomic mass is 9.97. The highest BCUT2D eigenvalue weighted by Crippen LogP contribution is 2.16. The molecule has 1 aliphatic heterocycles. The molecule has 0 spiro atoms. The van der Waals surface area contributed by atoms with Crippen LogP contribution in [0.4, 0.5) is 8.78 Å². The van der Waals surface area contributed by atoms with Crippen LogP contribution in [0.3, 0.4) is 0 Å². The molecule has 2 rings (SSSR count). The smallest absolute Gasteiger partial charge is 0.387 e. The number of hydrogen-bond acceptors (Lipinski definition) is 3. The molecular weight excluding hydrogens is 278 g/mol. The van der Waals surface area contributed by atoms with Crippen LogP contribution in [0.2, 0.25) is 0 Å². The average molecular weight is 298 g/mol. The molecule has 0 aliphatic carbocycles. The topological polar surface area (TPSA) is 50.4 Å². The van der Waals surface area contributed by atoms with Crippen LogP contribution in [-0.2, 0) is 11.2 Å². The van der Waals surface area contributed by atoms with E-state index < -0.39 is 6.61 Å². The van der Waals surface area contributed by atoms with Crippen molar-refractivity contribution in [3.05, 3.63) is 29.8 Å². The van der Waals surface area contributed by atoms with Gasteiger partial charge < -0.3 is 15.4 Å². The maximum Gasteiger partial charge on any atom is 0.387 e. The summed E-state index contributed by atoms with van der Waals surface area (Å²) in [7, 11) is 0. The molecule has 0 bridgehead atoms. The molecule has 1 aliphatic rings. The number of amides is 1. The van der Waals surface area contributed by atoms with Gasteiger partial charge in [-0.15, -0.1) is 0 Å². The van der Waals surface area contributed by atoms with Gasteiger partial charge in [-0.1, -0.05) is 19.1 Å². The molecule has 4 nitrogen and oxygen atoms in total. The Bertz CT molecular complexity index is 465. The van der Waals surface area contributed by atoms with Gasteiger partial charge in [0.2, 0.25) is 5.91 Å². The van der Waals surface area contributed by atoms with Crippen LogP contribution in [0.5, 0.6) is 5.75 Å². The van der Waals surface area contributed by atoms with Crippen molar-refractivity contribution < 1.29 is 18.3 Å². The molecule has 116 valence electrons. The van der Waals surface area contributed by atoms with Crippen molar-refractivity contribution in [3.8, 4) is 5.75 Å². The molecule has 1 saturated heterocycles. The Hall–Kier alpha value is -1.69. The van der Waals surface area contributed by atoms with Crippen LogP contribution in [0.25, 0.3) is 0 Å². The zero-order chi connectivity index (χ0) is 15.2. The number of alkyl halides is 2. The largest absolute Gasteiger partial charge is 0.435 e. The van der Waals surface area contributed by atoms with Gasteiger partial charge in [0.1, 0.15) is 5.75 Å². The molecule has 1 aromatic carbocycles. The lowest BCUT2D eigenvalue weighted by Crippen LogP contribution is -2.35. The Balaban J connectivity index is 1.74. The third-order valence-corrected chi connectivity index (χ3v) is 3.72. The van der Waals surface area contributed by atoms with Crippen LogP contribution in [0.1, 0.15) is 12.5 Å². The summed E-state index contributed by atoms with van der Waals surface area (Å²) in [6, 6.07) is 6.46. The van der Waals surface area contributed by atoms with E-state index in [1.54, 1.807) is 12.1 Å². The lowest BCUT2D eigenvalue weighted by Gasteiger charge is -2.14. The summed E-state index contributed by atoms with van der Waals surface area (Å²) < 4.78 is 28.3. The Morgan fingerprint density at radius 1 is 1.38 bits per heavy atom. The molecule has 0 radical (unpaired) electrons. The number of halogens is 2. The maximum atomic E-state index is 12.0. The van der Waals surface area contributed by atoms with Crippen LogP contribution in [0.15, 0.2) is 24.3 Å². The fourth-order valence-corrected chi connectivity index (χ4v) is 2.46. The number of hydrogen-bond donors (Lipinski definition) is 2. The molecule has 1 aromatic rings. The van der Waals surface area contributed by atoms with Crippen molar-refractivity contribution in [1.29, 1.82) is 0 Å². The van der Waals surface area contributed by atoms with Gasteiger partial charge in [-0.05, 0) is 36.6 Å². The second-order valence-corrected chi connectivity index (χ2v) is 5.31. The van der Waals surface area contributed by atoms with E-state index in [1.807, 2.05) is 0 Å². The number of carbonyl (C=O) groups is 1. The minimum Gasteiger partial charge on any atom is -0.435 e. The van der Waals surface area contributed by atoms with E-state index in [1.165, 1.54) is 12.1 Å². The fourth-order valence-electron chi connectivity index (χ4n) is 2.46. The zero-order valence-corrected chi connectivity index (χ0v) is 11.9. The van der Waals surface area contributed by atoms with E-state index in [4.69, 9.17) is 0 Å².